The van der Waals surface area contributed by atoms with Gasteiger partial charge >= 0.3 is 0 Å². The van der Waals surface area contributed by atoms with Gasteiger partial charge in [-0.1, -0.05) is 0 Å². The minimum Gasteiger partial charge on any atom is -0.385 e. The summed E-state index contributed by atoms with van der Waals surface area (Å²) in [6.45, 7) is 4.94. The second kappa shape index (κ2) is 8.44. The average molecular weight is 280 g/mol. The highest BCUT2D eigenvalue weighted by Crippen LogP contribution is 2.05. The maximum absolute atomic E-state index is 11.5. The van der Waals surface area contributed by atoms with E-state index in [9.17, 15) is 13.2 Å². The third-order valence-corrected chi connectivity index (χ3v) is 3.86. The molecule has 6 nitrogen and oxygen atoms in total. The lowest BCUT2D eigenvalue weighted by Gasteiger charge is -2.23. The van der Waals surface area contributed by atoms with E-state index in [1.807, 2.05) is 0 Å². The van der Waals surface area contributed by atoms with Crippen LogP contribution in [0.1, 0.15) is 26.7 Å². The number of nitrogens with zero attached hydrogens (tertiary/aromatic N) is 1. The van der Waals surface area contributed by atoms with E-state index in [0.717, 1.165) is 12.7 Å². The van der Waals surface area contributed by atoms with Crippen molar-refractivity contribution in [3.8, 4) is 0 Å². The minimum absolute atomic E-state index is 0.138. The predicted molar refractivity (Wildman–Crippen MR) is 70.8 cm³/mol. The van der Waals surface area contributed by atoms with Gasteiger partial charge in [0.15, 0.2) is 0 Å². The molecule has 0 fully saturated rings. The summed E-state index contributed by atoms with van der Waals surface area (Å²) in [4.78, 5) is 11.5. The zero-order valence-corrected chi connectivity index (χ0v) is 12.4. The van der Waals surface area contributed by atoms with Gasteiger partial charge in [-0.25, -0.2) is 8.42 Å². The number of ether oxygens (including phenoxy) is 1. The van der Waals surface area contributed by atoms with E-state index in [0.29, 0.717) is 13.2 Å². The molecule has 108 valence electrons. The summed E-state index contributed by atoms with van der Waals surface area (Å²) < 4.78 is 29.1. The molecule has 0 aliphatic carbocycles. The van der Waals surface area contributed by atoms with Crippen molar-refractivity contribution in [1.29, 1.82) is 0 Å². The number of carbonyl (C=O) groups excluding carboxylic acids is 1. The van der Waals surface area contributed by atoms with Crippen molar-refractivity contribution in [3.05, 3.63) is 0 Å². The van der Waals surface area contributed by atoms with Crippen LogP contribution >= 0.6 is 0 Å². The van der Waals surface area contributed by atoms with Gasteiger partial charge in [-0.2, -0.15) is 4.31 Å². The molecule has 0 saturated carbocycles. The Kier molecular flexibility index (Phi) is 8.13. The first kappa shape index (κ1) is 17.3. The van der Waals surface area contributed by atoms with Crippen molar-refractivity contribution in [1.82, 2.24) is 9.62 Å². The Morgan fingerprint density at radius 3 is 2.44 bits per heavy atom. The number of rotatable bonds is 9. The Hall–Kier alpha value is -0.660. The number of hydrogen-bond donors (Lipinski definition) is 1. The summed E-state index contributed by atoms with van der Waals surface area (Å²) in [5, 5.41) is 2.72. The van der Waals surface area contributed by atoms with Crippen LogP contribution in [0.4, 0.5) is 0 Å². The van der Waals surface area contributed by atoms with Crippen molar-refractivity contribution < 1.29 is 17.9 Å². The fourth-order valence-electron chi connectivity index (χ4n) is 1.55. The van der Waals surface area contributed by atoms with Crippen LogP contribution in [-0.4, -0.2) is 57.7 Å². The predicted octanol–water partition coefficient (Wildman–Crippen LogP) is 0.199. The van der Waals surface area contributed by atoms with Crippen LogP contribution in [0.5, 0.6) is 0 Å². The van der Waals surface area contributed by atoms with Crippen molar-refractivity contribution in [3.63, 3.8) is 0 Å². The lowest BCUT2D eigenvalue weighted by atomic mass is 10.3. The van der Waals surface area contributed by atoms with E-state index in [-0.39, 0.29) is 24.9 Å². The van der Waals surface area contributed by atoms with E-state index in [1.165, 1.54) is 4.31 Å². The molecule has 0 aromatic carbocycles. The summed E-state index contributed by atoms with van der Waals surface area (Å²) in [5.41, 5.74) is 0. The minimum atomic E-state index is -3.26. The summed E-state index contributed by atoms with van der Waals surface area (Å²) in [7, 11) is -1.65. The lowest BCUT2D eigenvalue weighted by Crippen LogP contribution is -2.39. The number of amides is 1. The standard InChI is InChI=1S/C11H24N2O4S/c1-10(2)13(18(4,15)16)8-6-11(14)12-7-5-9-17-3/h10H,5-9H2,1-4H3,(H,12,14). The molecule has 0 spiro atoms. The number of hydrogen-bond acceptors (Lipinski definition) is 4. The molecule has 7 heteroatoms. The highest BCUT2D eigenvalue weighted by atomic mass is 32.2. The fourth-order valence-corrected chi connectivity index (χ4v) is 2.74. The van der Waals surface area contributed by atoms with Gasteiger partial charge in [0.1, 0.15) is 0 Å². The van der Waals surface area contributed by atoms with Gasteiger partial charge < -0.3 is 10.1 Å². The molecular weight excluding hydrogens is 256 g/mol. The molecule has 0 atom stereocenters. The second-order valence-corrected chi connectivity index (χ2v) is 6.35. The number of nitrogens with one attached hydrogen (secondary N) is 1. The molecule has 18 heavy (non-hydrogen) atoms. The molecule has 0 radical (unpaired) electrons. The van der Waals surface area contributed by atoms with E-state index in [2.05, 4.69) is 5.32 Å². The highest BCUT2D eigenvalue weighted by molar-refractivity contribution is 7.88. The largest absolute Gasteiger partial charge is 0.385 e. The van der Waals surface area contributed by atoms with E-state index in [4.69, 9.17) is 4.74 Å². The van der Waals surface area contributed by atoms with Gasteiger partial charge in [0.2, 0.25) is 15.9 Å². The SMILES string of the molecule is COCCCNC(=O)CCN(C(C)C)S(C)(=O)=O. The van der Waals surface area contributed by atoms with Gasteiger partial charge in [-0.3, -0.25) is 4.79 Å². The number of carbonyl (C=O) groups is 1. The Labute approximate surface area is 110 Å². The van der Waals surface area contributed by atoms with Crippen LogP contribution < -0.4 is 5.32 Å². The normalized spacial score (nSPS) is 12.1. The molecule has 0 aliphatic rings. The average Bonchev–Trinajstić information content (AvgIpc) is 2.22. The van der Waals surface area contributed by atoms with Gasteiger partial charge in [-0.15, -0.1) is 0 Å². The van der Waals surface area contributed by atoms with Crippen molar-refractivity contribution in [2.75, 3.05) is 33.1 Å². The monoisotopic (exact) mass is 280 g/mol. The molecule has 0 aliphatic heterocycles. The van der Waals surface area contributed by atoms with Crippen LogP contribution in [0.3, 0.4) is 0 Å². The second-order valence-electron chi connectivity index (χ2n) is 4.41. The van der Waals surface area contributed by atoms with Gasteiger partial charge in [0, 0.05) is 39.3 Å². The lowest BCUT2D eigenvalue weighted by molar-refractivity contribution is -0.121. The maximum Gasteiger partial charge on any atom is 0.221 e. The van der Waals surface area contributed by atoms with Crippen molar-refractivity contribution in [2.24, 2.45) is 0 Å². The molecule has 0 rings (SSSR count). The molecular formula is C11H24N2O4S. The highest BCUT2D eigenvalue weighted by Gasteiger charge is 2.20. The summed E-state index contributed by atoms with van der Waals surface area (Å²) in [6, 6.07) is -0.138. The van der Waals surface area contributed by atoms with Crippen molar-refractivity contribution in [2.45, 2.75) is 32.7 Å². The maximum atomic E-state index is 11.5. The number of methoxy groups -OCH3 is 1. The Morgan fingerprint density at radius 1 is 1.39 bits per heavy atom. The molecule has 1 N–H and O–H groups in total. The Bertz CT molecular complexity index is 341. The Balaban J connectivity index is 4.02. The first-order chi connectivity index (χ1) is 8.29. The van der Waals surface area contributed by atoms with Gasteiger partial charge in [0.05, 0.1) is 6.26 Å². The Morgan fingerprint density at radius 2 is 2.00 bits per heavy atom. The zero-order valence-electron chi connectivity index (χ0n) is 11.6. The topological polar surface area (TPSA) is 75.7 Å². The third kappa shape index (κ3) is 7.62. The van der Waals surface area contributed by atoms with E-state index < -0.39 is 10.0 Å². The molecule has 0 heterocycles. The van der Waals surface area contributed by atoms with Crippen molar-refractivity contribution >= 4 is 15.9 Å². The molecule has 1 amide bonds. The first-order valence-corrected chi connectivity index (χ1v) is 7.86. The van der Waals surface area contributed by atoms with Crippen LogP contribution in [-0.2, 0) is 19.6 Å². The summed E-state index contributed by atoms with van der Waals surface area (Å²) >= 11 is 0. The van der Waals surface area contributed by atoms with Gasteiger partial charge in [-0.05, 0) is 20.3 Å². The van der Waals surface area contributed by atoms with Crippen LogP contribution in [0.2, 0.25) is 0 Å². The summed E-state index contributed by atoms with van der Waals surface area (Å²) in [6.07, 6.45) is 2.09. The van der Waals surface area contributed by atoms with Crippen LogP contribution in [0.25, 0.3) is 0 Å². The van der Waals surface area contributed by atoms with Gasteiger partial charge in [0.25, 0.3) is 0 Å². The zero-order chi connectivity index (χ0) is 14.2. The van der Waals surface area contributed by atoms with E-state index in [1.54, 1.807) is 21.0 Å². The quantitative estimate of drug-likeness (QED) is 0.612. The molecule has 0 aromatic heterocycles. The molecule has 0 aromatic rings. The third-order valence-electron chi connectivity index (χ3n) is 2.41. The summed E-state index contributed by atoms with van der Waals surface area (Å²) in [5.74, 6) is -0.139. The van der Waals surface area contributed by atoms with E-state index >= 15 is 0 Å². The smallest absolute Gasteiger partial charge is 0.221 e. The molecule has 0 saturated heterocycles. The molecule has 0 unspecified atom stereocenters. The van der Waals surface area contributed by atoms with Crippen LogP contribution in [0, 0.1) is 0 Å². The number of sulfonamides is 1. The first-order valence-electron chi connectivity index (χ1n) is 6.01. The molecule has 0 bridgehead atoms. The fraction of sp³-hybridized carbons (Fsp3) is 0.909. The van der Waals surface area contributed by atoms with Crippen LogP contribution in [0.15, 0.2) is 0 Å².